The Hall–Kier alpha value is -2.32. The largest absolute Gasteiger partial charge is 0.491 e. The third-order valence-corrected chi connectivity index (χ3v) is 4.04. The van der Waals surface area contributed by atoms with E-state index in [9.17, 15) is 9.59 Å². The minimum atomic E-state index is -0.854. The highest BCUT2D eigenvalue weighted by Gasteiger charge is 2.33. The number of amides is 1. The highest BCUT2D eigenvalue weighted by atomic mass is 16.7. The summed E-state index contributed by atoms with van der Waals surface area (Å²) in [5.74, 6) is -0.448. The number of carbonyl (C=O) groups excluding carboxylic acids is 2. The van der Waals surface area contributed by atoms with Crippen LogP contribution in [0.4, 0.5) is 4.79 Å². The maximum Gasteiger partial charge on any atom is 0.408 e. The Morgan fingerprint density at radius 1 is 1.24 bits per heavy atom. The summed E-state index contributed by atoms with van der Waals surface area (Å²) in [6, 6.07) is 6.42. The maximum absolute atomic E-state index is 12.0. The van der Waals surface area contributed by atoms with Crippen molar-refractivity contribution >= 4 is 12.1 Å². The molecule has 162 valence electrons. The van der Waals surface area contributed by atoms with E-state index in [0.717, 1.165) is 5.56 Å². The van der Waals surface area contributed by atoms with Crippen LogP contribution in [0, 0.1) is 0 Å². The minimum Gasteiger partial charge on any atom is -0.491 e. The van der Waals surface area contributed by atoms with Gasteiger partial charge in [-0.15, -0.1) is 0 Å². The van der Waals surface area contributed by atoms with Crippen molar-refractivity contribution in [3.63, 3.8) is 0 Å². The summed E-state index contributed by atoms with van der Waals surface area (Å²) < 4.78 is 27.0. The summed E-state index contributed by atoms with van der Waals surface area (Å²) in [5.41, 5.74) is 0.179. The van der Waals surface area contributed by atoms with E-state index in [4.69, 9.17) is 23.7 Å². The van der Waals surface area contributed by atoms with Gasteiger partial charge >= 0.3 is 12.1 Å². The zero-order chi connectivity index (χ0) is 21.7. The van der Waals surface area contributed by atoms with Gasteiger partial charge in [-0.2, -0.15) is 0 Å². The minimum absolute atomic E-state index is 0.119. The van der Waals surface area contributed by atoms with Crippen molar-refractivity contribution in [1.82, 2.24) is 5.32 Å². The molecule has 8 nitrogen and oxygen atoms in total. The number of nitrogens with one attached hydrogen (secondary N) is 1. The van der Waals surface area contributed by atoms with Gasteiger partial charge in [-0.1, -0.05) is 12.1 Å². The quantitative estimate of drug-likeness (QED) is 0.692. The first kappa shape index (κ1) is 23.0. The molecular weight excluding hydrogens is 378 g/mol. The predicted octanol–water partition coefficient (Wildman–Crippen LogP) is 2.83. The molecule has 1 aromatic carbocycles. The van der Waals surface area contributed by atoms with Crippen LogP contribution in [0.5, 0.6) is 5.75 Å². The fourth-order valence-corrected chi connectivity index (χ4v) is 2.78. The molecule has 1 unspecified atom stereocenters. The first-order valence-corrected chi connectivity index (χ1v) is 9.58. The first-order valence-electron chi connectivity index (χ1n) is 9.58. The van der Waals surface area contributed by atoms with Crippen molar-refractivity contribution in [3.05, 3.63) is 29.8 Å². The van der Waals surface area contributed by atoms with Crippen LogP contribution in [0.25, 0.3) is 0 Å². The Morgan fingerprint density at radius 2 is 1.90 bits per heavy atom. The molecule has 29 heavy (non-hydrogen) atoms. The number of esters is 1. The van der Waals surface area contributed by atoms with Gasteiger partial charge in [-0.25, -0.2) is 9.59 Å². The number of alkyl carbamates (subject to hydrolysis) is 1. The van der Waals surface area contributed by atoms with E-state index in [0.29, 0.717) is 19.0 Å². The second-order valence-corrected chi connectivity index (χ2v) is 8.33. The van der Waals surface area contributed by atoms with Gasteiger partial charge in [-0.3, -0.25) is 0 Å². The molecule has 1 aromatic rings. The molecule has 0 bridgehead atoms. The van der Waals surface area contributed by atoms with Crippen molar-refractivity contribution in [1.29, 1.82) is 0 Å². The average Bonchev–Trinajstić information content (AvgIpc) is 2.97. The maximum atomic E-state index is 12.0. The van der Waals surface area contributed by atoms with Gasteiger partial charge in [0.1, 0.15) is 30.1 Å². The van der Waals surface area contributed by atoms with Crippen molar-refractivity contribution < 1.29 is 33.3 Å². The van der Waals surface area contributed by atoms with Gasteiger partial charge in [0.25, 0.3) is 0 Å². The SMILES string of the molecule is COC(=O)C(Cc1ccc(OC[C@H]2COC(C)(C)O2)cc1)NC(=O)OC(C)(C)C. The van der Waals surface area contributed by atoms with Crippen LogP contribution < -0.4 is 10.1 Å². The van der Waals surface area contributed by atoms with E-state index in [-0.39, 0.29) is 12.5 Å². The van der Waals surface area contributed by atoms with Crippen LogP contribution in [0.3, 0.4) is 0 Å². The number of hydrogen-bond donors (Lipinski definition) is 1. The Kier molecular flexibility index (Phi) is 7.48. The highest BCUT2D eigenvalue weighted by molar-refractivity contribution is 5.81. The van der Waals surface area contributed by atoms with E-state index < -0.39 is 29.5 Å². The second kappa shape index (κ2) is 9.45. The molecule has 0 aliphatic carbocycles. The summed E-state index contributed by atoms with van der Waals surface area (Å²) in [5, 5.41) is 2.56. The molecule has 0 radical (unpaired) electrons. The third kappa shape index (κ3) is 7.91. The Labute approximate surface area is 171 Å². The van der Waals surface area contributed by atoms with Crippen molar-refractivity contribution in [3.8, 4) is 5.75 Å². The molecule has 1 saturated heterocycles. The summed E-state index contributed by atoms with van der Waals surface area (Å²) >= 11 is 0. The molecule has 1 amide bonds. The summed E-state index contributed by atoms with van der Waals surface area (Å²) in [4.78, 5) is 24.1. The molecule has 1 aliphatic rings. The lowest BCUT2D eigenvalue weighted by molar-refractivity contribution is -0.143. The Bertz CT molecular complexity index is 694. The van der Waals surface area contributed by atoms with E-state index in [1.165, 1.54) is 7.11 Å². The van der Waals surface area contributed by atoms with Crippen LogP contribution in [-0.2, 0) is 30.2 Å². The van der Waals surface area contributed by atoms with Gasteiger partial charge in [0.2, 0.25) is 0 Å². The molecule has 1 N–H and O–H groups in total. The standard InChI is InChI=1S/C21H31NO7/c1-20(2,3)29-19(24)22-17(18(23)25-6)11-14-7-9-15(10-8-14)26-12-16-13-27-21(4,5)28-16/h7-10,16-17H,11-13H2,1-6H3,(H,22,24)/t16-,17?/m0/s1. The fourth-order valence-electron chi connectivity index (χ4n) is 2.78. The van der Waals surface area contributed by atoms with E-state index in [1.54, 1.807) is 32.9 Å². The van der Waals surface area contributed by atoms with Gasteiger partial charge in [0.05, 0.1) is 13.7 Å². The lowest BCUT2D eigenvalue weighted by atomic mass is 10.1. The number of methoxy groups -OCH3 is 1. The van der Waals surface area contributed by atoms with Crippen LogP contribution in [-0.4, -0.2) is 55.9 Å². The van der Waals surface area contributed by atoms with Gasteiger partial charge in [0.15, 0.2) is 5.79 Å². The topological polar surface area (TPSA) is 92.3 Å². The van der Waals surface area contributed by atoms with Crippen LogP contribution in [0.2, 0.25) is 0 Å². The zero-order valence-electron chi connectivity index (χ0n) is 17.9. The highest BCUT2D eigenvalue weighted by Crippen LogP contribution is 2.23. The lowest BCUT2D eigenvalue weighted by Crippen LogP contribution is -2.45. The fraction of sp³-hybridized carbons (Fsp3) is 0.619. The Balaban J connectivity index is 1.90. The summed E-state index contributed by atoms with van der Waals surface area (Å²) in [6.45, 7) is 9.86. The van der Waals surface area contributed by atoms with Crippen LogP contribution in [0.15, 0.2) is 24.3 Å². The molecule has 1 aliphatic heterocycles. The normalized spacial score (nSPS) is 19.3. The van der Waals surface area contributed by atoms with Gasteiger partial charge in [0, 0.05) is 6.42 Å². The molecule has 0 spiro atoms. The molecule has 0 saturated carbocycles. The monoisotopic (exact) mass is 409 g/mol. The van der Waals surface area contributed by atoms with E-state index >= 15 is 0 Å². The van der Waals surface area contributed by atoms with E-state index in [1.807, 2.05) is 26.0 Å². The van der Waals surface area contributed by atoms with E-state index in [2.05, 4.69) is 5.32 Å². The number of carbonyl (C=O) groups is 2. The van der Waals surface area contributed by atoms with Crippen molar-refractivity contribution in [2.45, 2.75) is 64.6 Å². The molecular formula is C21H31NO7. The predicted molar refractivity (Wildman–Crippen MR) is 106 cm³/mol. The smallest absolute Gasteiger partial charge is 0.408 e. The van der Waals surface area contributed by atoms with Crippen molar-refractivity contribution in [2.24, 2.45) is 0 Å². The number of benzene rings is 1. The molecule has 2 atom stereocenters. The summed E-state index contributed by atoms with van der Waals surface area (Å²) in [7, 11) is 1.28. The number of rotatable bonds is 7. The molecule has 8 heteroatoms. The van der Waals surface area contributed by atoms with Gasteiger partial charge < -0.3 is 29.0 Å². The second-order valence-electron chi connectivity index (χ2n) is 8.33. The third-order valence-electron chi connectivity index (χ3n) is 4.04. The number of hydrogen-bond acceptors (Lipinski definition) is 7. The molecule has 1 fully saturated rings. The molecule has 2 rings (SSSR count). The zero-order valence-corrected chi connectivity index (χ0v) is 17.9. The number of ether oxygens (including phenoxy) is 5. The van der Waals surface area contributed by atoms with Gasteiger partial charge in [-0.05, 0) is 52.3 Å². The molecule has 1 heterocycles. The molecule has 0 aromatic heterocycles. The average molecular weight is 409 g/mol. The summed E-state index contributed by atoms with van der Waals surface area (Å²) in [6.07, 6.45) is -0.527. The Morgan fingerprint density at radius 3 is 2.41 bits per heavy atom. The first-order chi connectivity index (χ1) is 13.5. The lowest BCUT2D eigenvalue weighted by Gasteiger charge is -2.22. The van der Waals surface area contributed by atoms with Crippen LogP contribution >= 0.6 is 0 Å². The van der Waals surface area contributed by atoms with Crippen molar-refractivity contribution in [2.75, 3.05) is 20.3 Å². The van der Waals surface area contributed by atoms with Crippen LogP contribution in [0.1, 0.15) is 40.2 Å².